The molecule has 3 N–H and O–H groups in total. The van der Waals surface area contributed by atoms with E-state index < -0.39 is 38.1 Å². The van der Waals surface area contributed by atoms with E-state index in [9.17, 15) is 21.6 Å². The molecule has 0 radical (unpaired) electrons. The summed E-state index contributed by atoms with van der Waals surface area (Å²) in [5.41, 5.74) is 1.67. The fourth-order valence-electron chi connectivity index (χ4n) is 3.72. The van der Waals surface area contributed by atoms with Gasteiger partial charge in [0, 0.05) is 24.5 Å². The lowest BCUT2D eigenvalue weighted by molar-refractivity contribution is 0.449. The van der Waals surface area contributed by atoms with E-state index >= 15 is 0 Å². The van der Waals surface area contributed by atoms with Gasteiger partial charge in [-0.25, -0.2) is 26.6 Å². The van der Waals surface area contributed by atoms with Crippen LogP contribution in [-0.2, 0) is 10.0 Å². The van der Waals surface area contributed by atoms with Crippen molar-refractivity contribution in [1.82, 2.24) is 10.3 Å². The van der Waals surface area contributed by atoms with E-state index in [4.69, 9.17) is 0 Å². The molecule has 33 heavy (non-hydrogen) atoms. The van der Waals surface area contributed by atoms with Gasteiger partial charge in [0.15, 0.2) is 17.5 Å². The second kappa shape index (κ2) is 9.57. The third-order valence-corrected chi connectivity index (χ3v) is 7.31. The summed E-state index contributed by atoms with van der Waals surface area (Å²) in [5.74, 6) is -2.62. The molecule has 12 heteroatoms. The van der Waals surface area contributed by atoms with Gasteiger partial charge in [-0.1, -0.05) is 0 Å². The Kier molecular flexibility index (Phi) is 6.77. The minimum absolute atomic E-state index is 0.0559. The number of sulfonamides is 1. The molecule has 1 fully saturated rings. The SMILES string of the molecule is CNC1CCCN(c2cc(F)ccc2Nc2c(F)cc(S(=O)(=O)Nc3cscn3)cc2F)C1. The smallest absolute Gasteiger partial charge is 0.263 e. The second-order valence-corrected chi connectivity index (χ2v) is 10.0. The molecule has 1 saturated heterocycles. The molecule has 1 aromatic heterocycles. The summed E-state index contributed by atoms with van der Waals surface area (Å²) in [6, 6.07) is 5.56. The summed E-state index contributed by atoms with van der Waals surface area (Å²) in [6.07, 6.45) is 1.85. The van der Waals surface area contributed by atoms with Crippen molar-refractivity contribution in [2.75, 3.05) is 35.1 Å². The molecule has 2 aromatic carbocycles. The lowest BCUT2D eigenvalue weighted by atomic mass is 10.0. The molecular formula is C21H22F3N5O2S2. The standard InChI is InChI=1S/C21H22F3N5O2S2/c1-25-14-3-2-6-29(10-14)19-7-13(22)4-5-18(19)27-21-16(23)8-15(9-17(21)24)33(30,31)28-20-11-32-12-26-20/h4-5,7-9,11-12,14,25,27-28H,2-3,6,10H2,1H3. The summed E-state index contributed by atoms with van der Waals surface area (Å²) in [6.45, 7) is 1.28. The number of rotatable bonds is 7. The van der Waals surface area contributed by atoms with Gasteiger partial charge in [0.25, 0.3) is 10.0 Å². The van der Waals surface area contributed by atoms with Gasteiger partial charge in [0.2, 0.25) is 0 Å². The Bertz CT molecular complexity index is 1220. The zero-order valence-corrected chi connectivity index (χ0v) is 19.2. The first-order chi connectivity index (χ1) is 15.8. The van der Waals surface area contributed by atoms with Crippen molar-refractivity contribution in [3.63, 3.8) is 0 Å². The molecule has 1 aliphatic heterocycles. The molecule has 0 amide bonds. The quantitative estimate of drug-likeness (QED) is 0.452. The third kappa shape index (κ3) is 5.23. The number of likely N-dealkylation sites (N-methyl/N-ethyl adjacent to an activating group) is 1. The molecule has 1 atom stereocenters. The largest absolute Gasteiger partial charge is 0.368 e. The van der Waals surface area contributed by atoms with E-state index in [0.717, 1.165) is 25.0 Å². The fraction of sp³-hybridized carbons (Fsp3) is 0.286. The molecule has 176 valence electrons. The van der Waals surface area contributed by atoms with Crippen LogP contribution in [0.5, 0.6) is 0 Å². The molecular weight excluding hydrogens is 475 g/mol. The molecule has 7 nitrogen and oxygen atoms in total. The predicted molar refractivity (Wildman–Crippen MR) is 123 cm³/mol. The fourth-order valence-corrected chi connectivity index (χ4v) is 5.30. The van der Waals surface area contributed by atoms with Crippen molar-refractivity contribution in [3.8, 4) is 0 Å². The van der Waals surface area contributed by atoms with E-state index in [0.29, 0.717) is 24.5 Å². The highest BCUT2D eigenvalue weighted by Crippen LogP contribution is 2.34. The van der Waals surface area contributed by atoms with Crippen LogP contribution in [-0.4, -0.2) is 39.6 Å². The molecule has 0 bridgehead atoms. The number of halogens is 3. The first kappa shape index (κ1) is 23.3. The summed E-state index contributed by atoms with van der Waals surface area (Å²) < 4.78 is 70.9. The number of anilines is 4. The second-order valence-electron chi connectivity index (χ2n) is 7.60. The number of nitrogens with zero attached hydrogens (tertiary/aromatic N) is 2. The maximum atomic E-state index is 14.9. The molecule has 0 aliphatic carbocycles. The number of piperidine rings is 1. The van der Waals surface area contributed by atoms with Gasteiger partial charge in [0.05, 0.1) is 21.8 Å². The van der Waals surface area contributed by atoms with Gasteiger partial charge in [-0.05, 0) is 50.2 Å². The average Bonchev–Trinajstić information content (AvgIpc) is 3.29. The van der Waals surface area contributed by atoms with Crippen molar-refractivity contribution in [2.24, 2.45) is 0 Å². The zero-order chi connectivity index (χ0) is 23.6. The van der Waals surface area contributed by atoms with Crippen LogP contribution in [0.25, 0.3) is 0 Å². The molecule has 2 heterocycles. The first-order valence-corrected chi connectivity index (χ1v) is 12.6. The van der Waals surface area contributed by atoms with Crippen molar-refractivity contribution in [1.29, 1.82) is 0 Å². The van der Waals surface area contributed by atoms with E-state index in [1.54, 1.807) is 0 Å². The van der Waals surface area contributed by atoms with Gasteiger partial charge in [-0.3, -0.25) is 4.72 Å². The number of thiazole rings is 1. The molecule has 1 aliphatic rings. The number of hydrogen-bond acceptors (Lipinski definition) is 7. The minimum Gasteiger partial charge on any atom is -0.368 e. The van der Waals surface area contributed by atoms with Gasteiger partial charge < -0.3 is 15.5 Å². The van der Waals surface area contributed by atoms with Crippen LogP contribution in [0.15, 0.2) is 46.1 Å². The Hall–Kier alpha value is -2.83. The first-order valence-electron chi connectivity index (χ1n) is 10.2. The van der Waals surface area contributed by atoms with E-state index in [1.807, 2.05) is 11.9 Å². The number of benzene rings is 2. The van der Waals surface area contributed by atoms with Crippen molar-refractivity contribution in [2.45, 2.75) is 23.8 Å². The molecule has 3 aromatic rings. The Balaban J connectivity index is 1.63. The molecule has 1 unspecified atom stereocenters. The number of hydrogen-bond donors (Lipinski definition) is 3. The summed E-state index contributed by atoms with van der Waals surface area (Å²) in [4.78, 5) is 5.17. The summed E-state index contributed by atoms with van der Waals surface area (Å²) in [5, 5.41) is 7.34. The number of nitrogens with one attached hydrogen (secondary N) is 3. The maximum Gasteiger partial charge on any atom is 0.263 e. The monoisotopic (exact) mass is 497 g/mol. The zero-order valence-electron chi connectivity index (χ0n) is 17.6. The van der Waals surface area contributed by atoms with Gasteiger partial charge in [0.1, 0.15) is 11.5 Å². The van der Waals surface area contributed by atoms with Gasteiger partial charge in [-0.15, -0.1) is 11.3 Å². The summed E-state index contributed by atoms with van der Waals surface area (Å²) in [7, 11) is -2.39. The predicted octanol–water partition coefficient (Wildman–Crippen LogP) is 4.29. The lowest BCUT2D eigenvalue weighted by Gasteiger charge is -2.35. The topological polar surface area (TPSA) is 86.4 Å². The van der Waals surface area contributed by atoms with Crippen LogP contribution in [0, 0.1) is 17.5 Å². The number of aromatic nitrogens is 1. The van der Waals surface area contributed by atoms with Crippen LogP contribution >= 0.6 is 11.3 Å². The van der Waals surface area contributed by atoms with E-state index in [2.05, 4.69) is 20.3 Å². The highest BCUT2D eigenvalue weighted by molar-refractivity contribution is 7.92. The van der Waals surface area contributed by atoms with Gasteiger partial charge >= 0.3 is 0 Å². The third-order valence-electron chi connectivity index (χ3n) is 5.39. The molecule has 0 saturated carbocycles. The maximum absolute atomic E-state index is 14.9. The van der Waals surface area contributed by atoms with Gasteiger partial charge in [-0.2, -0.15) is 0 Å². The van der Waals surface area contributed by atoms with Crippen LogP contribution in [0.3, 0.4) is 0 Å². The Morgan fingerprint density at radius 3 is 2.58 bits per heavy atom. The van der Waals surface area contributed by atoms with Crippen LogP contribution < -0.4 is 20.3 Å². The molecule has 0 spiro atoms. The Labute approximate surface area is 193 Å². The Morgan fingerprint density at radius 2 is 1.91 bits per heavy atom. The minimum atomic E-state index is -4.24. The van der Waals surface area contributed by atoms with Crippen molar-refractivity contribution >= 4 is 44.2 Å². The highest BCUT2D eigenvalue weighted by Gasteiger charge is 2.24. The van der Waals surface area contributed by atoms with E-state index in [1.165, 1.54) is 40.4 Å². The normalized spacial score (nSPS) is 16.6. The van der Waals surface area contributed by atoms with Crippen molar-refractivity contribution in [3.05, 3.63) is 58.7 Å². The highest BCUT2D eigenvalue weighted by atomic mass is 32.2. The van der Waals surface area contributed by atoms with Crippen LogP contribution in [0.1, 0.15) is 12.8 Å². The average molecular weight is 498 g/mol. The lowest BCUT2D eigenvalue weighted by Crippen LogP contribution is -2.44. The van der Waals surface area contributed by atoms with Crippen molar-refractivity contribution < 1.29 is 21.6 Å². The van der Waals surface area contributed by atoms with Crippen LogP contribution in [0.4, 0.5) is 36.1 Å². The van der Waals surface area contributed by atoms with Crippen LogP contribution in [0.2, 0.25) is 0 Å². The summed E-state index contributed by atoms with van der Waals surface area (Å²) >= 11 is 1.17. The molecule has 4 rings (SSSR count). The van der Waals surface area contributed by atoms with E-state index in [-0.39, 0.29) is 11.9 Å². The Morgan fingerprint density at radius 1 is 1.15 bits per heavy atom.